The first-order valence-electron chi connectivity index (χ1n) is 8.91. The molecule has 4 rings (SSSR count). The van der Waals surface area contributed by atoms with Crippen molar-refractivity contribution < 1.29 is 0 Å². The van der Waals surface area contributed by atoms with Gasteiger partial charge in [0.1, 0.15) is 5.82 Å². The van der Waals surface area contributed by atoms with Crippen LogP contribution in [0.2, 0.25) is 0 Å². The van der Waals surface area contributed by atoms with Gasteiger partial charge in [0.05, 0.1) is 5.69 Å². The molecule has 0 saturated carbocycles. The second kappa shape index (κ2) is 7.17. The zero-order chi connectivity index (χ0) is 18.1. The van der Waals surface area contributed by atoms with Crippen molar-refractivity contribution in [3.05, 3.63) is 54.7 Å². The smallest absolute Gasteiger partial charge is 0.129 e. The van der Waals surface area contributed by atoms with Crippen molar-refractivity contribution in [2.45, 2.75) is 0 Å². The number of nitrogens with one attached hydrogen (secondary N) is 1. The summed E-state index contributed by atoms with van der Waals surface area (Å²) in [6.07, 6.45) is 4.12. The van der Waals surface area contributed by atoms with E-state index in [2.05, 4.69) is 77.3 Å². The number of aromatic nitrogens is 2. The van der Waals surface area contributed by atoms with Crippen molar-refractivity contribution in [2.24, 2.45) is 0 Å². The van der Waals surface area contributed by atoms with Gasteiger partial charge in [0.25, 0.3) is 0 Å². The van der Waals surface area contributed by atoms with Gasteiger partial charge < -0.3 is 14.8 Å². The fourth-order valence-corrected chi connectivity index (χ4v) is 3.77. The van der Waals surface area contributed by atoms with Gasteiger partial charge in [0, 0.05) is 53.7 Å². The summed E-state index contributed by atoms with van der Waals surface area (Å²) in [7, 11) is 2.17. The summed E-state index contributed by atoms with van der Waals surface area (Å²) < 4.78 is 0. The molecule has 2 aromatic heterocycles. The van der Waals surface area contributed by atoms with Gasteiger partial charge in [-0.2, -0.15) is 0 Å². The van der Waals surface area contributed by atoms with Crippen molar-refractivity contribution in [2.75, 3.05) is 44.4 Å². The van der Waals surface area contributed by atoms with Gasteiger partial charge in [-0.05, 0) is 43.1 Å². The molecule has 4 nitrogen and oxygen atoms in total. The SMILES string of the molecule is C=C(SC)c1ccc2[nH]cc(-c3cccc(N4CCN(C)CC4)n3)c2c1. The first-order valence-corrected chi connectivity index (χ1v) is 10.1. The Morgan fingerprint density at radius 2 is 1.96 bits per heavy atom. The number of nitrogens with zero attached hydrogens (tertiary/aromatic N) is 3. The van der Waals surface area contributed by atoms with E-state index in [0.717, 1.165) is 53.7 Å². The molecule has 134 valence electrons. The quantitative estimate of drug-likeness (QED) is 0.748. The zero-order valence-corrected chi connectivity index (χ0v) is 16.1. The van der Waals surface area contributed by atoms with E-state index in [9.17, 15) is 0 Å². The average molecular weight is 365 g/mol. The predicted octanol–water partition coefficient (Wildman–Crippen LogP) is 4.32. The molecule has 26 heavy (non-hydrogen) atoms. The summed E-state index contributed by atoms with van der Waals surface area (Å²) in [4.78, 5) is 14.2. The maximum absolute atomic E-state index is 4.97. The number of aromatic amines is 1. The molecule has 1 aliphatic rings. The van der Waals surface area contributed by atoms with Crippen LogP contribution >= 0.6 is 11.8 Å². The van der Waals surface area contributed by atoms with Crippen molar-refractivity contribution in [1.29, 1.82) is 0 Å². The number of rotatable bonds is 4. The highest BCUT2D eigenvalue weighted by molar-refractivity contribution is 8.07. The summed E-state index contributed by atoms with van der Waals surface area (Å²) in [5, 5.41) is 1.20. The molecule has 1 N–H and O–H groups in total. The number of H-pyrrole nitrogens is 1. The minimum atomic E-state index is 1.01. The Morgan fingerprint density at radius 3 is 2.73 bits per heavy atom. The number of thioether (sulfide) groups is 1. The van der Waals surface area contributed by atoms with Crippen molar-refractivity contribution in [3.8, 4) is 11.3 Å². The number of benzene rings is 1. The molecule has 0 amide bonds. The van der Waals surface area contributed by atoms with E-state index < -0.39 is 0 Å². The van der Waals surface area contributed by atoms with Crippen LogP contribution in [0, 0.1) is 0 Å². The third-order valence-electron chi connectivity index (χ3n) is 5.09. The van der Waals surface area contributed by atoms with Crippen LogP contribution in [-0.2, 0) is 0 Å². The molecule has 5 heteroatoms. The van der Waals surface area contributed by atoms with E-state index >= 15 is 0 Å². The van der Waals surface area contributed by atoms with Crippen LogP contribution < -0.4 is 4.90 Å². The van der Waals surface area contributed by atoms with Crippen LogP contribution in [0.5, 0.6) is 0 Å². The lowest BCUT2D eigenvalue weighted by Crippen LogP contribution is -2.44. The third kappa shape index (κ3) is 3.24. The standard InChI is InChI=1S/C21H24N4S/c1-15(26-3)16-7-8-19-17(13-16)18(14-22-19)20-5-4-6-21(23-20)25-11-9-24(2)10-12-25/h4-8,13-14,22H,1,9-12H2,2-3H3. The molecule has 0 unspecified atom stereocenters. The van der Waals surface area contributed by atoms with Crippen LogP contribution in [0.1, 0.15) is 5.56 Å². The second-order valence-electron chi connectivity index (χ2n) is 6.76. The lowest BCUT2D eigenvalue weighted by Gasteiger charge is -2.33. The largest absolute Gasteiger partial charge is 0.360 e. The molecule has 1 aliphatic heterocycles. The predicted molar refractivity (Wildman–Crippen MR) is 114 cm³/mol. The van der Waals surface area contributed by atoms with Gasteiger partial charge in [-0.1, -0.05) is 18.7 Å². The molecule has 1 fully saturated rings. The number of fused-ring (bicyclic) bond motifs is 1. The Bertz CT molecular complexity index is 938. The minimum absolute atomic E-state index is 1.01. The van der Waals surface area contributed by atoms with Crippen LogP contribution in [0.3, 0.4) is 0 Å². The minimum Gasteiger partial charge on any atom is -0.360 e. The highest BCUT2D eigenvalue weighted by Crippen LogP contribution is 2.32. The van der Waals surface area contributed by atoms with Gasteiger partial charge in [0.15, 0.2) is 0 Å². The molecular weight excluding hydrogens is 340 g/mol. The van der Waals surface area contributed by atoms with Crippen molar-refractivity contribution >= 4 is 33.4 Å². The number of hydrogen-bond acceptors (Lipinski definition) is 4. The second-order valence-corrected chi connectivity index (χ2v) is 7.66. The van der Waals surface area contributed by atoms with Gasteiger partial charge in [-0.3, -0.25) is 0 Å². The van der Waals surface area contributed by atoms with E-state index in [4.69, 9.17) is 4.98 Å². The molecule has 1 saturated heterocycles. The summed E-state index contributed by atoms with van der Waals surface area (Å²) in [6, 6.07) is 12.8. The van der Waals surface area contributed by atoms with E-state index in [1.54, 1.807) is 11.8 Å². The van der Waals surface area contributed by atoms with E-state index in [1.807, 2.05) is 0 Å². The first kappa shape index (κ1) is 17.2. The molecule has 0 atom stereocenters. The topological polar surface area (TPSA) is 35.2 Å². The summed E-state index contributed by atoms with van der Waals surface area (Å²) in [5.41, 5.74) is 4.46. The van der Waals surface area contributed by atoms with Gasteiger partial charge >= 0.3 is 0 Å². The molecule has 0 aliphatic carbocycles. The summed E-state index contributed by atoms with van der Waals surface area (Å²) in [6.45, 7) is 8.36. The molecule has 0 radical (unpaired) electrons. The highest BCUT2D eigenvalue weighted by Gasteiger charge is 2.16. The Balaban J connectivity index is 1.71. The monoisotopic (exact) mass is 364 g/mol. The Kier molecular flexibility index (Phi) is 4.74. The number of pyridine rings is 1. The fourth-order valence-electron chi connectivity index (χ4n) is 3.41. The zero-order valence-electron chi connectivity index (χ0n) is 15.3. The number of piperazine rings is 1. The van der Waals surface area contributed by atoms with Crippen LogP contribution in [0.25, 0.3) is 27.1 Å². The average Bonchev–Trinajstić information content (AvgIpc) is 3.11. The van der Waals surface area contributed by atoms with Crippen molar-refractivity contribution in [1.82, 2.24) is 14.9 Å². The maximum Gasteiger partial charge on any atom is 0.129 e. The van der Waals surface area contributed by atoms with Crippen LogP contribution in [-0.4, -0.2) is 54.4 Å². The normalized spacial score (nSPS) is 15.5. The fraction of sp³-hybridized carbons (Fsp3) is 0.286. The molecule has 1 aromatic carbocycles. The van der Waals surface area contributed by atoms with E-state index in [0.29, 0.717) is 0 Å². The van der Waals surface area contributed by atoms with Gasteiger partial charge in [-0.15, -0.1) is 11.8 Å². The molecule has 3 aromatic rings. The van der Waals surface area contributed by atoms with Crippen LogP contribution in [0.4, 0.5) is 5.82 Å². The lowest BCUT2D eigenvalue weighted by atomic mass is 10.1. The number of hydrogen-bond donors (Lipinski definition) is 1. The number of anilines is 1. The maximum atomic E-state index is 4.97. The molecular formula is C21H24N4S. The molecule has 3 heterocycles. The Hall–Kier alpha value is -2.24. The Morgan fingerprint density at radius 1 is 1.15 bits per heavy atom. The third-order valence-corrected chi connectivity index (χ3v) is 5.82. The highest BCUT2D eigenvalue weighted by atomic mass is 32.2. The lowest BCUT2D eigenvalue weighted by molar-refractivity contribution is 0.312. The van der Waals surface area contributed by atoms with Crippen molar-refractivity contribution in [3.63, 3.8) is 0 Å². The Labute approximate surface area is 158 Å². The summed E-state index contributed by atoms with van der Waals surface area (Å²) in [5.74, 6) is 1.06. The van der Waals surface area contributed by atoms with Gasteiger partial charge in [0.2, 0.25) is 0 Å². The molecule has 0 bridgehead atoms. The number of likely N-dealkylation sites (N-methyl/N-ethyl adjacent to an activating group) is 1. The summed E-state index contributed by atoms with van der Waals surface area (Å²) >= 11 is 1.68. The van der Waals surface area contributed by atoms with Gasteiger partial charge in [-0.25, -0.2) is 4.98 Å². The van der Waals surface area contributed by atoms with E-state index in [-0.39, 0.29) is 0 Å². The van der Waals surface area contributed by atoms with Crippen LogP contribution in [0.15, 0.2) is 49.2 Å². The molecule has 0 spiro atoms. The van der Waals surface area contributed by atoms with E-state index in [1.165, 1.54) is 10.9 Å². The first-order chi connectivity index (χ1) is 12.7.